The second kappa shape index (κ2) is 5.76. The average molecular weight is 424 g/mol. The quantitative estimate of drug-likeness (QED) is 0.566. The molecule has 0 aromatic heterocycles. The van der Waals surface area contributed by atoms with Crippen LogP contribution in [0.4, 0.5) is 0 Å². The summed E-state index contributed by atoms with van der Waals surface area (Å²) in [5.74, 6) is 1.94. The van der Waals surface area contributed by atoms with Gasteiger partial charge in [0, 0.05) is 9.13 Å². The lowest BCUT2D eigenvalue weighted by Gasteiger charge is -2.55. The smallest absolute Gasteiger partial charge is 0.269 e. The maximum atomic E-state index is 12.8. The van der Waals surface area contributed by atoms with Gasteiger partial charge in [0.15, 0.2) is 0 Å². The van der Waals surface area contributed by atoms with Crippen LogP contribution in [-0.4, -0.2) is 11.8 Å². The SMILES string of the molecule is O=C(NNC(=O)C12CC3CC(CC(C3)C1)C2)c1cccc(I)c1. The Bertz CT molecular complexity index is 623. The Morgan fingerprint density at radius 3 is 2.17 bits per heavy atom. The maximum Gasteiger partial charge on any atom is 0.269 e. The molecular weight excluding hydrogens is 403 g/mol. The standard InChI is InChI=1S/C18H21IN2O2/c19-15-3-1-2-14(7-15)16(22)20-21-17(23)18-8-11-4-12(9-18)6-13(5-11)10-18/h1-3,7,11-13H,4-6,8-10H2,(H,20,22)(H,21,23). The van der Waals surface area contributed by atoms with E-state index in [9.17, 15) is 9.59 Å². The Labute approximate surface area is 149 Å². The summed E-state index contributed by atoms with van der Waals surface area (Å²) in [5, 5.41) is 0. The molecule has 0 heterocycles. The second-order valence-corrected chi connectivity index (χ2v) is 8.86. The predicted molar refractivity (Wildman–Crippen MR) is 95.4 cm³/mol. The summed E-state index contributed by atoms with van der Waals surface area (Å²) >= 11 is 2.17. The zero-order valence-corrected chi connectivity index (χ0v) is 15.1. The van der Waals surface area contributed by atoms with Crippen LogP contribution in [0.5, 0.6) is 0 Å². The van der Waals surface area contributed by atoms with E-state index in [1.54, 1.807) is 6.07 Å². The van der Waals surface area contributed by atoms with Gasteiger partial charge in [0.25, 0.3) is 5.91 Å². The van der Waals surface area contributed by atoms with Crippen LogP contribution in [0.2, 0.25) is 0 Å². The largest absolute Gasteiger partial charge is 0.273 e. The molecule has 1 aromatic carbocycles. The molecule has 4 aliphatic rings. The summed E-state index contributed by atoms with van der Waals surface area (Å²) in [6, 6.07) is 7.35. The van der Waals surface area contributed by atoms with E-state index in [4.69, 9.17) is 0 Å². The Morgan fingerprint density at radius 2 is 1.61 bits per heavy atom. The van der Waals surface area contributed by atoms with Gasteiger partial charge >= 0.3 is 0 Å². The number of carbonyl (C=O) groups is 2. The molecule has 0 unspecified atom stereocenters. The number of rotatable bonds is 2. The number of nitrogens with one attached hydrogen (secondary N) is 2. The fourth-order valence-electron chi connectivity index (χ4n) is 5.34. The van der Waals surface area contributed by atoms with E-state index >= 15 is 0 Å². The summed E-state index contributed by atoms with van der Waals surface area (Å²) in [5.41, 5.74) is 5.67. The molecule has 2 N–H and O–H groups in total. The molecule has 4 aliphatic carbocycles. The van der Waals surface area contributed by atoms with E-state index < -0.39 is 0 Å². The number of amides is 2. The van der Waals surface area contributed by atoms with Gasteiger partial charge in [-0.15, -0.1) is 0 Å². The molecule has 4 nitrogen and oxygen atoms in total. The number of hydrazine groups is 1. The van der Waals surface area contributed by atoms with Gasteiger partial charge in [-0.05, 0) is 97.1 Å². The Balaban J connectivity index is 1.41. The van der Waals surface area contributed by atoms with E-state index in [0.29, 0.717) is 5.56 Å². The zero-order valence-electron chi connectivity index (χ0n) is 13.0. The number of hydrogen-bond donors (Lipinski definition) is 2. The van der Waals surface area contributed by atoms with Crippen molar-refractivity contribution in [3.05, 3.63) is 33.4 Å². The van der Waals surface area contributed by atoms with Gasteiger partial charge in [0.1, 0.15) is 0 Å². The van der Waals surface area contributed by atoms with Crippen LogP contribution in [0.25, 0.3) is 0 Å². The summed E-state index contributed by atoms with van der Waals surface area (Å²) in [6.07, 6.45) is 6.93. The minimum absolute atomic E-state index is 0.0237. The van der Waals surface area contributed by atoms with Gasteiger partial charge in [-0.3, -0.25) is 20.4 Å². The second-order valence-electron chi connectivity index (χ2n) is 7.62. The van der Waals surface area contributed by atoms with Crippen LogP contribution >= 0.6 is 22.6 Å². The molecule has 4 saturated carbocycles. The Hall–Kier alpha value is -1.11. The minimum Gasteiger partial charge on any atom is -0.273 e. The van der Waals surface area contributed by atoms with Crippen LogP contribution in [0.15, 0.2) is 24.3 Å². The van der Waals surface area contributed by atoms with Gasteiger partial charge in [-0.1, -0.05) is 6.07 Å². The normalized spacial score (nSPS) is 34.2. The van der Waals surface area contributed by atoms with Crippen LogP contribution in [0.3, 0.4) is 0 Å². The van der Waals surface area contributed by atoms with Crippen molar-refractivity contribution in [2.24, 2.45) is 23.2 Å². The lowest BCUT2D eigenvalue weighted by atomic mass is 9.49. The third kappa shape index (κ3) is 2.88. The molecular formula is C18H21IN2O2. The summed E-state index contributed by atoms with van der Waals surface area (Å²) in [6.45, 7) is 0. The first-order valence-corrected chi connectivity index (χ1v) is 9.48. The summed E-state index contributed by atoms with van der Waals surface area (Å²) in [7, 11) is 0. The lowest BCUT2D eigenvalue weighted by Crippen LogP contribution is -2.56. The van der Waals surface area contributed by atoms with Crippen molar-refractivity contribution in [2.45, 2.75) is 38.5 Å². The van der Waals surface area contributed by atoms with Crippen molar-refractivity contribution in [3.63, 3.8) is 0 Å². The van der Waals surface area contributed by atoms with Gasteiger partial charge in [0.2, 0.25) is 5.91 Å². The molecule has 0 atom stereocenters. The van der Waals surface area contributed by atoms with Crippen LogP contribution in [0, 0.1) is 26.7 Å². The first kappa shape index (κ1) is 15.4. The number of halogens is 1. The van der Waals surface area contributed by atoms with Crippen molar-refractivity contribution < 1.29 is 9.59 Å². The highest BCUT2D eigenvalue weighted by molar-refractivity contribution is 14.1. The number of benzene rings is 1. The highest BCUT2D eigenvalue weighted by Crippen LogP contribution is 2.59. The number of hydrogen-bond acceptors (Lipinski definition) is 2. The van der Waals surface area contributed by atoms with Crippen LogP contribution in [0.1, 0.15) is 48.9 Å². The van der Waals surface area contributed by atoms with Crippen molar-refractivity contribution in [3.8, 4) is 0 Å². The van der Waals surface area contributed by atoms with Gasteiger partial charge in [-0.2, -0.15) is 0 Å². The van der Waals surface area contributed by atoms with E-state index in [1.807, 2.05) is 18.2 Å². The third-order valence-corrected chi connectivity index (χ3v) is 6.57. The predicted octanol–water partition coefficient (Wildman–Crippen LogP) is 3.27. The highest BCUT2D eigenvalue weighted by Gasteiger charge is 2.54. The van der Waals surface area contributed by atoms with Crippen LogP contribution < -0.4 is 10.9 Å². The molecule has 0 radical (unpaired) electrons. The van der Waals surface area contributed by atoms with E-state index in [0.717, 1.165) is 40.6 Å². The van der Waals surface area contributed by atoms with E-state index in [-0.39, 0.29) is 17.2 Å². The van der Waals surface area contributed by atoms with Crippen molar-refractivity contribution in [1.29, 1.82) is 0 Å². The first-order chi connectivity index (χ1) is 11.0. The highest BCUT2D eigenvalue weighted by atomic mass is 127. The molecule has 5 rings (SSSR count). The lowest BCUT2D eigenvalue weighted by molar-refractivity contribution is -0.147. The monoisotopic (exact) mass is 424 g/mol. The van der Waals surface area contributed by atoms with E-state index in [2.05, 4.69) is 33.4 Å². The molecule has 122 valence electrons. The fraction of sp³-hybridized carbons (Fsp3) is 0.556. The summed E-state index contributed by atoms with van der Waals surface area (Å²) < 4.78 is 1.00. The van der Waals surface area contributed by atoms with Crippen molar-refractivity contribution >= 4 is 34.4 Å². The molecule has 4 bridgehead atoms. The number of carbonyl (C=O) groups excluding carboxylic acids is 2. The molecule has 23 heavy (non-hydrogen) atoms. The van der Waals surface area contributed by atoms with E-state index in [1.165, 1.54) is 19.3 Å². The molecule has 0 saturated heterocycles. The topological polar surface area (TPSA) is 58.2 Å². The van der Waals surface area contributed by atoms with Gasteiger partial charge < -0.3 is 0 Å². The zero-order chi connectivity index (χ0) is 16.0. The molecule has 5 heteroatoms. The van der Waals surface area contributed by atoms with Crippen LogP contribution in [-0.2, 0) is 4.79 Å². The molecule has 4 fully saturated rings. The Morgan fingerprint density at radius 1 is 1.00 bits per heavy atom. The van der Waals surface area contributed by atoms with Gasteiger partial charge in [-0.25, -0.2) is 0 Å². The maximum absolute atomic E-state index is 12.8. The van der Waals surface area contributed by atoms with Crippen molar-refractivity contribution in [2.75, 3.05) is 0 Å². The molecule has 0 spiro atoms. The first-order valence-electron chi connectivity index (χ1n) is 8.40. The Kier molecular flexibility index (Phi) is 3.86. The fourth-order valence-corrected chi connectivity index (χ4v) is 5.88. The third-order valence-electron chi connectivity index (χ3n) is 5.90. The molecule has 2 amide bonds. The molecule has 1 aromatic rings. The minimum atomic E-state index is -0.249. The summed E-state index contributed by atoms with van der Waals surface area (Å²) in [4.78, 5) is 25.0. The molecule has 0 aliphatic heterocycles. The van der Waals surface area contributed by atoms with Crippen molar-refractivity contribution in [1.82, 2.24) is 10.9 Å². The average Bonchev–Trinajstić information content (AvgIpc) is 2.51. The van der Waals surface area contributed by atoms with Gasteiger partial charge in [0.05, 0.1) is 5.41 Å².